The third-order valence-corrected chi connectivity index (χ3v) is 4.03. The second-order valence-corrected chi connectivity index (χ2v) is 5.53. The van der Waals surface area contributed by atoms with E-state index in [1.807, 2.05) is 0 Å². The molecule has 1 saturated carbocycles. The Morgan fingerprint density at radius 1 is 1.24 bits per heavy atom. The third kappa shape index (κ3) is 2.90. The van der Waals surface area contributed by atoms with Crippen molar-refractivity contribution in [2.24, 2.45) is 5.73 Å². The minimum Gasteiger partial charge on any atom is -0.505 e. The molecule has 3 N–H and O–H groups in total. The Kier molecular flexibility index (Phi) is 3.88. The van der Waals surface area contributed by atoms with Gasteiger partial charge in [-0.3, -0.25) is 0 Å². The molecule has 1 aromatic heterocycles. The Hall–Kier alpha value is -1.95. The minimum atomic E-state index is -0.704. The van der Waals surface area contributed by atoms with E-state index in [-0.39, 0.29) is 12.0 Å². The Morgan fingerprint density at radius 3 is 2.86 bits per heavy atom. The summed E-state index contributed by atoms with van der Waals surface area (Å²) in [5.74, 6) is -0.192. The summed E-state index contributed by atoms with van der Waals surface area (Å²) in [6.45, 7) is 0. The van der Waals surface area contributed by atoms with Crippen molar-refractivity contribution in [1.29, 1.82) is 0 Å². The summed E-state index contributed by atoms with van der Waals surface area (Å²) in [4.78, 5) is 4.36. The van der Waals surface area contributed by atoms with Crippen LogP contribution in [0.1, 0.15) is 43.9 Å². The average molecular weight is 291 g/mol. The Bertz CT molecular complexity index is 629. The van der Waals surface area contributed by atoms with E-state index in [2.05, 4.69) is 10.1 Å². The number of nitrogens with zero attached hydrogens (tertiary/aromatic N) is 2. The van der Waals surface area contributed by atoms with Gasteiger partial charge < -0.3 is 15.4 Å². The van der Waals surface area contributed by atoms with Crippen molar-refractivity contribution in [2.75, 3.05) is 0 Å². The van der Waals surface area contributed by atoms with Crippen molar-refractivity contribution in [2.45, 2.75) is 44.1 Å². The van der Waals surface area contributed by atoms with Gasteiger partial charge in [0.25, 0.3) is 0 Å². The van der Waals surface area contributed by atoms with Gasteiger partial charge in [0.05, 0.1) is 5.92 Å². The fraction of sp³-hybridized carbons (Fsp3) is 0.467. The number of halogens is 1. The zero-order valence-electron chi connectivity index (χ0n) is 11.6. The molecule has 0 bridgehead atoms. The van der Waals surface area contributed by atoms with E-state index >= 15 is 0 Å². The third-order valence-electron chi connectivity index (χ3n) is 4.03. The maximum Gasteiger partial charge on any atom is 0.231 e. The summed E-state index contributed by atoms with van der Waals surface area (Å²) >= 11 is 0. The van der Waals surface area contributed by atoms with Crippen molar-refractivity contribution in [3.63, 3.8) is 0 Å². The lowest BCUT2D eigenvalue weighted by molar-refractivity contribution is 0.326. The number of hydrogen-bond donors (Lipinski definition) is 2. The van der Waals surface area contributed by atoms with E-state index in [1.54, 1.807) is 6.07 Å². The summed E-state index contributed by atoms with van der Waals surface area (Å²) in [6.07, 6.45) is 5.29. The molecule has 2 atom stereocenters. The second-order valence-electron chi connectivity index (χ2n) is 5.53. The fourth-order valence-corrected chi connectivity index (χ4v) is 2.79. The van der Waals surface area contributed by atoms with Gasteiger partial charge in [0, 0.05) is 11.6 Å². The zero-order chi connectivity index (χ0) is 14.8. The molecular formula is C15H18FN3O2. The fourth-order valence-electron chi connectivity index (χ4n) is 2.79. The molecule has 1 aliphatic rings. The molecule has 1 aromatic carbocycles. The summed E-state index contributed by atoms with van der Waals surface area (Å²) in [6, 6.07) is 4.05. The first-order chi connectivity index (χ1) is 10.1. The lowest BCUT2D eigenvalue weighted by Crippen LogP contribution is -2.27. The molecular weight excluding hydrogens is 273 g/mol. The first-order valence-corrected chi connectivity index (χ1v) is 7.23. The highest BCUT2D eigenvalue weighted by Gasteiger charge is 2.27. The van der Waals surface area contributed by atoms with E-state index in [0.717, 1.165) is 25.7 Å². The number of aromatic nitrogens is 2. The van der Waals surface area contributed by atoms with E-state index < -0.39 is 11.6 Å². The van der Waals surface area contributed by atoms with Crippen LogP contribution in [0.25, 0.3) is 11.4 Å². The normalized spacial score (nSPS) is 23.0. The summed E-state index contributed by atoms with van der Waals surface area (Å²) in [5.41, 5.74) is 6.66. The first-order valence-electron chi connectivity index (χ1n) is 7.23. The SMILES string of the molecule is NC1CCCCCC1c1nc(-c2ccc(O)c(F)c2)no1. The van der Waals surface area contributed by atoms with Gasteiger partial charge in [0.2, 0.25) is 11.7 Å². The molecule has 2 unspecified atom stereocenters. The average Bonchev–Trinajstić information content (AvgIpc) is 2.85. The quantitative estimate of drug-likeness (QED) is 0.831. The number of hydrogen-bond acceptors (Lipinski definition) is 5. The van der Waals surface area contributed by atoms with Crippen molar-refractivity contribution < 1.29 is 14.0 Å². The minimum absolute atomic E-state index is 0.0253. The standard InChI is InChI=1S/C15H18FN3O2/c16-11-8-9(6-7-13(11)20)14-18-15(21-19-14)10-4-2-1-3-5-12(10)17/h6-8,10,12,20H,1-5,17H2. The van der Waals surface area contributed by atoms with Crippen LogP contribution in [0.5, 0.6) is 5.75 Å². The highest BCUT2D eigenvalue weighted by molar-refractivity contribution is 5.55. The Labute approximate surface area is 122 Å². The predicted molar refractivity (Wildman–Crippen MR) is 75.2 cm³/mol. The molecule has 5 nitrogen and oxygen atoms in total. The highest BCUT2D eigenvalue weighted by Crippen LogP contribution is 2.31. The maximum absolute atomic E-state index is 13.4. The van der Waals surface area contributed by atoms with Crippen molar-refractivity contribution in [1.82, 2.24) is 10.1 Å². The van der Waals surface area contributed by atoms with Crippen molar-refractivity contribution in [3.05, 3.63) is 29.9 Å². The molecule has 1 aliphatic carbocycles. The van der Waals surface area contributed by atoms with Crippen LogP contribution in [0, 0.1) is 5.82 Å². The Balaban J connectivity index is 1.86. The van der Waals surface area contributed by atoms with Crippen LogP contribution in [0.3, 0.4) is 0 Å². The van der Waals surface area contributed by atoms with Crippen LogP contribution >= 0.6 is 0 Å². The van der Waals surface area contributed by atoms with Gasteiger partial charge in [-0.1, -0.05) is 24.4 Å². The summed E-state index contributed by atoms with van der Waals surface area (Å²) in [7, 11) is 0. The van der Waals surface area contributed by atoms with Gasteiger partial charge in [0.15, 0.2) is 11.6 Å². The molecule has 0 radical (unpaired) electrons. The van der Waals surface area contributed by atoms with Crippen LogP contribution < -0.4 is 5.73 Å². The van der Waals surface area contributed by atoms with E-state index in [4.69, 9.17) is 10.3 Å². The molecule has 3 rings (SSSR count). The Morgan fingerprint density at radius 2 is 2.05 bits per heavy atom. The first kappa shape index (κ1) is 14.0. The van der Waals surface area contributed by atoms with E-state index in [9.17, 15) is 9.50 Å². The lowest BCUT2D eigenvalue weighted by atomic mass is 9.95. The van der Waals surface area contributed by atoms with E-state index in [0.29, 0.717) is 17.3 Å². The second kappa shape index (κ2) is 5.81. The van der Waals surface area contributed by atoms with Gasteiger partial charge in [0.1, 0.15) is 0 Å². The van der Waals surface area contributed by atoms with Crippen LogP contribution in [-0.2, 0) is 0 Å². The van der Waals surface area contributed by atoms with Crippen LogP contribution in [0.15, 0.2) is 22.7 Å². The number of rotatable bonds is 2. The van der Waals surface area contributed by atoms with Gasteiger partial charge >= 0.3 is 0 Å². The molecule has 21 heavy (non-hydrogen) atoms. The zero-order valence-corrected chi connectivity index (χ0v) is 11.6. The number of nitrogens with two attached hydrogens (primary N) is 1. The topological polar surface area (TPSA) is 85.2 Å². The number of phenols is 1. The number of benzene rings is 1. The van der Waals surface area contributed by atoms with Crippen molar-refractivity contribution in [3.8, 4) is 17.1 Å². The largest absolute Gasteiger partial charge is 0.505 e. The highest BCUT2D eigenvalue weighted by atomic mass is 19.1. The van der Waals surface area contributed by atoms with Gasteiger partial charge in [-0.25, -0.2) is 4.39 Å². The van der Waals surface area contributed by atoms with Gasteiger partial charge in [-0.2, -0.15) is 4.98 Å². The molecule has 0 amide bonds. The van der Waals surface area contributed by atoms with Crippen molar-refractivity contribution >= 4 is 0 Å². The molecule has 6 heteroatoms. The van der Waals surface area contributed by atoms with Crippen LogP contribution in [0.4, 0.5) is 4.39 Å². The van der Waals surface area contributed by atoms with Gasteiger partial charge in [-0.05, 0) is 31.0 Å². The summed E-state index contributed by atoms with van der Waals surface area (Å²) < 4.78 is 18.7. The molecule has 112 valence electrons. The summed E-state index contributed by atoms with van der Waals surface area (Å²) in [5, 5.41) is 13.1. The molecule has 1 heterocycles. The molecule has 1 fully saturated rings. The van der Waals surface area contributed by atoms with Crippen LogP contribution in [-0.4, -0.2) is 21.3 Å². The van der Waals surface area contributed by atoms with Gasteiger partial charge in [-0.15, -0.1) is 0 Å². The monoisotopic (exact) mass is 291 g/mol. The maximum atomic E-state index is 13.4. The molecule has 0 saturated heterocycles. The predicted octanol–water partition coefficient (Wildman–Crippen LogP) is 2.96. The van der Waals surface area contributed by atoms with Crippen LogP contribution in [0.2, 0.25) is 0 Å². The molecule has 2 aromatic rings. The lowest BCUT2D eigenvalue weighted by Gasteiger charge is -2.16. The van der Waals surface area contributed by atoms with E-state index in [1.165, 1.54) is 18.6 Å². The number of aromatic hydroxyl groups is 1. The smallest absolute Gasteiger partial charge is 0.231 e. The molecule has 0 aliphatic heterocycles. The number of phenolic OH excluding ortho intramolecular Hbond substituents is 1. The molecule has 0 spiro atoms.